The number of halogens is 2. The normalized spacial score (nSPS) is 17.0. The maximum absolute atomic E-state index is 13.9. The van der Waals surface area contributed by atoms with Crippen molar-refractivity contribution in [2.75, 3.05) is 7.11 Å². The maximum atomic E-state index is 13.9. The zero-order valence-corrected chi connectivity index (χ0v) is 22.8. The van der Waals surface area contributed by atoms with E-state index in [1.807, 2.05) is 0 Å². The van der Waals surface area contributed by atoms with Gasteiger partial charge in [0.25, 0.3) is 5.91 Å². The summed E-state index contributed by atoms with van der Waals surface area (Å²) in [5, 5.41) is 2.53. The van der Waals surface area contributed by atoms with Crippen LogP contribution in [0.25, 0.3) is 0 Å². The van der Waals surface area contributed by atoms with E-state index in [4.69, 9.17) is 14.2 Å². The van der Waals surface area contributed by atoms with Gasteiger partial charge in [-0.2, -0.15) is 0 Å². The van der Waals surface area contributed by atoms with Crippen molar-refractivity contribution in [1.82, 2.24) is 10.3 Å². The molecule has 2 unspecified atom stereocenters. The third kappa shape index (κ3) is 6.11. The zero-order valence-electron chi connectivity index (χ0n) is 22.8. The molecule has 8 nitrogen and oxygen atoms in total. The summed E-state index contributed by atoms with van der Waals surface area (Å²) in [5.74, 6) is -3.47. The number of rotatable bonds is 7. The van der Waals surface area contributed by atoms with Gasteiger partial charge in [-0.25, -0.2) is 18.6 Å². The highest BCUT2D eigenvalue weighted by atomic mass is 19.1. The summed E-state index contributed by atoms with van der Waals surface area (Å²) in [6, 6.07) is 10.5. The molecule has 0 bridgehead atoms. The molecule has 3 atom stereocenters. The third-order valence-corrected chi connectivity index (χ3v) is 6.54. The lowest BCUT2D eigenvalue weighted by Gasteiger charge is -2.24. The fraction of sp³-hybridized carbons (Fsp3) is 0.333. The number of nitrogens with zero attached hydrogens (tertiary/aromatic N) is 1. The predicted molar refractivity (Wildman–Crippen MR) is 141 cm³/mol. The van der Waals surface area contributed by atoms with Gasteiger partial charge in [-0.05, 0) is 68.7 Å². The topological polar surface area (TPSA) is 104 Å². The van der Waals surface area contributed by atoms with E-state index < -0.39 is 53.0 Å². The monoisotopic (exact) mass is 552 g/mol. The Kier molecular flexibility index (Phi) is 8.18. The second-order valence-electron chi connectivity index (χ2n) is 10.6. The summed E-state index contributed by atoms with van der Waals surface area (Å²) < 4.78 is 44.1. The van der Waals surface area contributed by atoms with E-state index in [0.717, 1.165) is 5.56 Å². The molecule has 1 aromatic heterocycles. The molecule has 0 saturated carbocycles. The van der Waals surface area contributed by atoms with Crippen molar-refractivity contribution >= 4 is 17.8 Å². The smallest absolute Gasteiger partial charge is 0.328 e. The Balaban J connectivity index is 1.53. The van der Waals surface area contributed by atoms with E-state index in [-0.39, 0.29) is 23.6 Å². The summed E-state index contributed by atoms with van der Waals surface area (Å²) in [4.78, 5) is 42.8. The molecule has 0 aliphatic heterocycles. The number of hydrogen-bond donors (Lipinski definition) is 1. The third-order valence-electron chi connectivity index (χ3n) is 6.54. The molecule has 1 aliphatic carbocycles. The van der Waals surface area contributed by atoms with Gasteiger partial charge in [-0.1, -0.05) is 18.2 Å². The highest BCUT2D eigenvalue weighted by Crippen LogP contribution is 2.40. The fourth-order valence-corrected chi connectivity index (χ4v) is 4.44. The van der Waals surface area contributed by atoms with Gasteiger partial charge < -0.3 is 19.5 Å². The van der Waals surface area contributed by atoms with Crippen LogP contribution in [0.3, 0.4) is 0 Å². The summed E-state index contributed by atoms with van der Waals surface area (Å²) in [6.45, 7) is 6.41. The first-order valence-corrected chi connectivity index (χ1v) is 12.7. The highest BCUT2D eigenvalue weighted by Gasteiger charge is 2.38. The molecular weight excluding hydrogens is 522 g/mol. The Morgan fingerprint density at radius 1 is 1.02 bits per heavy atom. The zero-order chi connectivity index (χ0) is 29.2. The van der Waals surface area contributed by atoms with E-state index in [2.05, 4.69) is 10.3 Å². The predicted octanol–water partition coefficient (Wildman–Crippen LogP) is 4.74. The van der Waals surface area contributed by atoms with E-state index in [1.54, 1.807) is 39.0 Å². The number of carbonyl (C=O) groups excluding carboxylic acids is 3. The second kappa shape index (κ2) is 11.4. The van der Waals surface area contributed by atoms with Crippen LogP contribution in [-0.2, 0) is 20.7 Å². The van der Waals surface area contributed by atoms with Crippen LogP contribution in [-0.4, -0.2) is 42.1 Å². The van der Waals surface area contributed by atoms with Crippen LogP contribution in [0.4, 0.5) is 8.78 Å². The van der Waals surface area contributed by atoms with Gasteiger partial charge in [0.1, 0.15) is 23.8 Å². The van der Waals surface area contributed by atoms with Gasteiger partial charge in [-0.3, -0.25) is 9.59 Å². The molecule has 0 saturated heterocycles. The van der Waals surface area contributed by atoms with Crippen LogP contribution in [0.15, 0.2) is 54.7 Å². The lowest BCUT2D eigenvalue weighted by molar-refractivity contribution is -0.151. The van der Waals surface area contributed by atoms with Gasteiger partial charge in [0.15, 0.2) is 11.4 Å². The Morgan fingerprint density at radius 2 is 1.70 bits per heavy atom. The van der Waals surface area contributed by atoms with E-state index in [1.165, 1.54) is 50.6 Å². The molecule has 0 spiro atoms. The molecule has 3 aromatic rings. The largest absolute Gasteiger partial charge is 0.493 e. The molecule has 4 rings (SSSR count). The average molecular weight is 553 g/mol. The molecule has 0 radical (unpaired) electrons. The summed E-state index contributed by atoms with van der Waals surface area (Å²) in [7, 11) is 1.36. The average Bonchev–Trinajstić information content (AvgIpc) is 3.25. The van der Waals surface area contributed by atoms with Gasteiger partial charge in [0.05, 0.1) is 12.5 Å². The highest BCUT2D eigenvalue weighted by molar-refractivity contribution is 5.99. The first-order chi connectivity index (χ1) is 18.9. The Bertz CT molecular complexity index is 1440. The number of aromatic nitrogens is 1. The van der Waals surface area contributed by atoms with Gasteiger partial charge in [0.2, 0.25) is 5.75 Å². The molecule has 1 N–H and O–H groups in total. The number of esters is 2. The molecule has 1 heterocycles. The van der Waals surface area contributed by atoms with Crippen molar-refractivity contribution in [3.05, 3.63) is 88.7 Å². The lowest BCUT2D eigenvalue weighted by atomic mass is 9.91. The van der Waals surface area contributed by atoms with Crippen LogP contribution in [0.1, 0.15) is 60.8 Å². The van der Waals surface area contributed by atoms with Gasteiger partial charge >= 0.3 is 11.9 Å². The molecule has 2 aromatic carbocycles. The molecule has 40 heavy (non-hydrogen) atoms. The van der Waals surface area contributed by atoms with Crippen molar-refractivity contribution < 1.29 is 37.4 Å². The molecule has 0 fully saturated rings. The number of fused-ring (bicyclic) bond motifs is 1. The minimum absolute atomic E-state index is 0.117. The lowest BCUT2D eigenvalue weighted by Crippen LogP contribution is -2.42. The van der Waals surface area contributed by atoms with Gasteiger partial charge in [0, 0.05) is 24.6 Å². The van der Waals surface area contributed by atoms with Crippen LogP contribution in [0.5, 0.6) is 11.5 Å². The van der Waals surface area contributed by atoms with Crippen LogP contribution in [0.2, 0.25) is 0 Å². The Morgan fingerprint density at radius 3 is 2.35 bits per heavy atom. The van der Waals surface area contributed by atoms with Crippen LogP contribution < -0.4 is 14.8 Å². The number of pyridine rings is 1. The Labute approximate surface area is 230 Å². The van der Waals surface area contributed by atoms with Crippen molar-refractivity contribution in [1.29, 1.82) is 0 Å². The summed E-state index contributed by atoms with van der Waals surface area (Å²) >= 11 is 0. The maximum Gasteiger partial charge on any atom is 0.328 e. The number of nitrogens with one attached hydrogen (secondary N) is 1. The number of amides is 1. The van der Waals surface area contributed by atoms with Crippen molar-refractivity contribution in [3.8, 4) is 11.5 Å². The number of benzene rings is 2. The van der Waals surface area contributed by atoms with Crippen molar-refractivity contribution in [3.63, 3.8) is 0 Å². The van der Waals surface area contributed by atoms with E-state index in [0.29, 0.717) is 11.1 Å². The van der Waals surface area contributed by atoms with Crippen LogP contribution >= 0.6 is 0 Å². The fourth-order valence-electron chi connectivity index (χ4n) is 4.44. The SMILES string of the molecule is COc1ccnc(C(=O)N[C@@H](C)C(=O)OC2Cc3cc(F)ccc3C2c2ccc(F)cc2)c1OC(=O)C(C)(C)C. The summed E-state index contributed by atoms with van der Waals surface area (Å²) in [5.41, 5.74) is 1.04. The standard InChI is InChI=1S/C30H30F2N2O6/c1-16(34-27(35)25-26(22(38-5)12-13-33-25)40-29(37)30(2,3)4)28(36)39-23-15-18-14-20(32)10-11-21(18)24(23)17-6-8-19(31)9-7-17/h6-14,16,23-24H,15H2,1-5H3,(H,34,35)/t16-,23?,24?/m0/s1. The number of carbonyl (C=O) groups is 3. The van der Waals surface area contributed by atoms with Crippen molar-refractivity contribution in [2.45, 2.75) is 52.2 Å². The number of hydrogen-bond acceptors (Lipinski definition) is 7. The molecule has 1 aliphatic rings. The number of ether oxygens (including phenoxy) is 3. The first-order valence-electron chi connectivity index (χ1n) is 12.7. The minimum atomic E-state index is -1.12. The minimum Gasteiger partial charge on any atom is -0.493 e. The molecular formula is C30H30F2N2O6. The number of methoxy groups -OCH3 is 1. The van der Waals surface area contributed by atoms with Crippen molar-refractivity contribution in [2.24, 2.45) is 5.41 Å². The Hall–Kier alpha value is -4.34. The molecule has 10 heteroatoms. The van der Waals surface area contributed by atoms with Gasteiger partial charge in [-0.15, -0.1) is 0 Å². The molecule has 210 valence electrons. The van der Waals surface area contributed by atoms with Crippen LogP contribution in [0, 0.1) is 17.0 Å². The quantitative estimate of drug-likeness (QED) is 0.423. The molecule has 1 amide bonds. The van der Waals surface area contributed by atoms with E-state index in [9.17, 15) is 23.2 Å². The first kappa shape index (κ1) is 28.7. The summed E-state index contributed by atoms with van der Waals surface area (Å²) in [6.07, 6.45) is 0.839. The van der Waals surface area contributed by atoms with E-state index >= 15 is 0 Å². The second-order valence-corrected chi connectivity index (χ2v) is 10.6.